The van der Waals surface area contributed by atoms with Crippen LogP contribution in [-0.2, 0) is 4.74 Å². The van der Waals surface area contributed by atoms with Crippen molar-refractivity contribution >= 4 is 33.9 Å². The van der Waals surface area contributed by atoms with Crippen LogP contribution in [0, 0.1) is 5.92 Å². The summed E-state index contributed by atoms with van der Waals surface area (Å²) < 4.78 is 4.71. The van der Waals surface area contributed by atoms with Gasteiger partial charge in [0, 0.05) is 13.1 Å². The number of rotatable bonds is 6. The molecule has 1 aromatic rings. The molecule has 21 heavy (non-hydrogen) atoms. The van der Waals surface area contributed by atoms with E-state index in [1.165, 1.54) is 25.5 Å². The minimum atomic E-state index is -0.517. The maximum Gasteiger partial charge on any atom is 0.350 e. The second kappa shape index (κ2) is 6.34. The number of amides is 1. The molecule has 0 bridgehead atoms. The number of carbonyl (C=O) groups is 2. The van der Waals surface area contributed by atoms with E-state index in [1.54, 1.807) is 0 Å². The standard InChI is InChI=1S/C14H21N3O3S/c1-4-5-7-6-8(7)17-13-9(12(18)16-2)10(15)11(21-13)14(19)20-3/h7-8,17H,4-6,15H2,1-3H3,(H,16,18). The number of methoxy groups -OCH3 is 1. The number of hydrogen-bond acceptors (Lipinski definition) is 6. The fourth-order valence-electron chi connectivity index (χ4n) is 2.42. The second-order valence-electron chi connectivity index (χ2n) is 5.15. The molecule has 0 aliphatic heterocycles. The lowest BCUT2D eigenvalue weighted by Gasteiger charge is -2.06. The van der Waals surface area contributed by atoms with Gasteiger partial charge >= 0.3 is 5.97 Å². The average molecular weight is 311 g/mol. The van der Waals surface area contributed by atoms with Crippen molar-refractivity contribution in [1.82, 2.24) is 5.32 Å². The Morgan fingerprint density at radius 2 is 2.19 bits per heavy atom. The first-order valence-electron chi connectivity index (χ1n) is 7.02. The molecule has 116 valence electrons. The number of hydrogen-bond donors (Lipinski definition) is 3. The zero-order valence-electron chi connectivity index (χ0n) is 12.5. The number of carbonyl (C=O) groups excluding carboxylic acids is 2. The highest BCUT2D eigenvalue weighted by molar-refractivity contribution is 7.19. The number of thiophene rings is 1. The summed E-state index contributed by atoms with van der Waals surface area (Å²) in [6.07, 6.45) is 3.40. The minimum absolute atomic E-state index is 0.182. The molecule has 1 aliphatic rings. The van der Waals surface area contributed by atoms with Crippen LogP contribution in [0.4, 0.5) is 10.7 Å². The van der Waals surface area contributed by atoms with E-state index < -0.39 is 5.97 Å². The Kier molecular flexibility index (Phi) is 4.72. The van der Waals surface area contributed by atoms with Crippen molar-refractivity contribution < 1.29 is 14.3 Å². The highest BCUT2D eigenvalue weighted by Crippen LogP contribution is 2.42. The molecule has 0 radical (unpaired) electrons. The van der Waals surface area contributed by atoms with Gasteiger partial charge in [0.05, 0.1) is 18.4 Å². The summed E-state index contributed by atoms with van der Waals surface area (Å²) in [7, 11) is 2.84. The number of esters is 1. The van der Waals surface area contributed by atoms with Crippen molar-refractivity contribution in [2.75, 3.05) is 25.2 Å². The van der Waals surface area contributed by atoms with Crippen molar-refractivity contribution in [2.24, 2.45) is 5.92 Å². The maximum atomic E-state index is 12.0. The van der Waals surface area contributed by atoms with Crippen molar-refractivity contribution in [1.29, 1.82) is 0 Å². The van der Waals surface area contributed by atoms with Crippen LogP contribution in [0.3, 0.4) is 0 Å². The summed E-state index contributed by atoms with van der Waals surface area (Å²) in [5.74, 6) is -0.178. The molecule has 2 atom stereocenters. The van der Waals surface area contributed by atoms with Gasteiger partial charge in [-0.05, 0) is 18.8 Å². The van der Waals surface area contributed by atoms with E-state index in [1.807, 2.05) is 0 Å². The SMILES string of the molecule is CCCC1CC1Nc1sc(C(=O)OC)c(N)c1C(=O)NC. The van der Waals surface area contributed by atoms with Crippen molar-refractivity contribution in [3.63, 3.8) is 0 Å². The monoisotopic (exact) mass is 311 g/mol. The topological polar surface area (TPSA) is 93.4 Å². The number of nitrogens with one attached hydrogen (secondary N) is 2. The Morgan fingerprint density at radius 3 is 2.76 bits per heavy atom. The molecule has 2 unspecified atom stereocenters. The first kappa shape index (κ1) is 15.6. The lowest BCUT2D eigenvalue weighted by molar-refractivity contribution is 0.0607. The van der Waals surface area contributed by atoms with Gasteiger partial charge in [0.25, 0.3) is 5.91 Å². The van der Waals surface area contributed by atoms with Gasteiger partial charge in [0.1, 0.15) is 9.88 Å². The predicted octanol–water partition coefficient (Wildman–Crippen LogP) is 2.08. The van der Waals surface area contributed by atoms with Gasteiger partial charge in [-0.2, -0.15) is 0 Å². The average Bonchev–Trinajstić information content (AvgIpc) is 3.12. The van der Waals surface area contributed by atoms with E-state index in [2.05, 4.69) is 17.6 Å². The van der Waals surface area contributed by atoms with Crippen LogP contribution in [0.15, 0.2) is 0 Å². The Hall–Kier alpha value is -1.76. The third kappa shape index (κ3) is 3.12. The highest BCUT2D eigenvalue weighted by atomic mass is 32.1. The van der Waals surface area contributed by atoms with Gasteiger partial charge in [-0.1, -0.05) is 13.3 Å². The largest absolute Gasteiger partial charge is 0.465 e. The van der Waals surface area contributed by atoms with Crippen molar-refractivity contribution in [3.05, 3.63) is 10.4 Å². The number of ether oxygens (including phenoxy) is 1. The van der Waals surface area contributed by atoms with E-state index in [0.29, 0.717) is 22.5 Å². The molecule has 1 aromatic heterocycles. The molecule has 1 heterocycles. The fourth-order valence-corrected chi connectivity index (χ4v) is 3.52. The van der Waals surface area contributed by atoms with E-state index in [0.717, 1.165) is 19.3 Å². The summed E-state index contributed by atoms with van der Waals surface area (Å²) in [4.78, 5) is 24.0. The zero-order chi connectivity index (χ0) is 15.6. The highest BCUT2D eigenvalue weighted by Gasteiger charge is 2.38. The van der Waals surface area contributed by atoms with Crippen LogP contribution in [0.2, 0.25) is 0 Å². The first-order chi connectivity index (χ1) is 10.0. The van der Waals surface area contributed by atoms with Crippen LogP contribution >= 0.6 is 11.3 Å². The van der Waals surface area contributed by atoms with Gasteiger partial charge < -0.3 is 21.1 Å². The molecule has 0 saturated heterocycles. The van der Waals surface area contributed by atoms with Gasteiger partial charge in [0.2, 0.25) is 0 Å². The van der Waals surface area contributed by atoms with E-state index in [-0.39, 0.29) is 16.5 Å². The molecule has 1 fully saturated rings. The third-order valence-electron chi connectivity index (χ3n) is 3.67. The lowest BCUT2D eigenvalue weighted by atomic mass is 10.2. The molecule has 6 nitrogen and oxygen atoms in total. The molecule has 0 aromatic carbocycles. The van der Waals surface area contributed by atoms with Crippen LogP contribution in [0.1, 0.15) is 46.2 Å². The van der Waals surface area contributed by atoms with Gasteiger partial charge in [0.15, 0.2) is 0 Å². The first-order valence-corrected chi connectivity index (χ1v) is 7.84. The fraction of sp³-hybridized carbons (Fsp3) is 0.571. The van der Waals surface area contributed by atoms with Crippen LogP contribution in [0.25, 0.3) is 0 Å². The number of nitrogen functional groups attached to an aromatic ring is 1. The summed E-state index contributed by atoms with van der Waals surface area (Å²) in [5.41, 5.74) is 6.48. The van der Waals surface area contributed by atoms with Crippen molar-refractivity contribution in [2.45, 2.75) is 32.2 Å². The summed E-state index contributed by atoms with van der Waals surface area (Å²) in [5, 5.41) is 6.55. The maximum absolute atomic E-state index is 12.0. The van der Waals surface area contributed by atoms with Crippen molar-refractivity contribution in [3.8, 4) is 0 Å². The van der Waals surface area contributed by atoms with Gasteiger partial charge in [-0.15, -0.1) is 11.3 Å². The summed E-state index contributed by atoms with van der Waals surface area (Å²) >= 11 is 1.18. The molecule has 2 rings (SSSR count). The molecule has 0 spiro atoms. The van der Waals surface area contributed by atoms with Crippen LogP contribution < -0.4 is 16.4 Å². The molecule has 1 amide bonds. The van der Waals surface area contributed by atoms with E-state index in [9.17, 15) is 9.59 Å². The van der Waals surface area contributed by atoms with Crippen LogP contribution in [0.5, 0.6) is 0 Å². The molecule has 1 saturated carbocycles. The van der Waals surface area contributed by atoms with E-state index >= 15 is 0 Å². The smallest absolute Gasteiger partial charge is 0.350 e. The lowest BCUT2D eigenvalue weighted by Crippen LogP contribution is -2.20. The zero-order valence-corrected chi connectivity index (χ0v) is 13.3. The summed E-state index contributed by atoms with van der Waals surface area (Å²) in [6.45, 7) is 2.16. The minimum Gasteiger partial charge on any atom is -0.465 e. The summed E-state index contributed by atoms with van der Waals surface area (Å²) in [6, 6.07) is 0.358. The Bertz CT molecular complexity index is 556. The van der Waals surface area contributed by atoms with Gasteiger partial charge in [-0.25, -0.2) is 4.79 Å². The van der Waals surface area contributed by atoms with E-state index in [4.69, 9.17) is 10.5 Å². The molecule has 7 heteroatoms. The Labute approximate surface area is 128 Å². The Morgan fingerprint density at radius 1 is 1.48 bits per heavy atom. The molecular formula is C14H21N3O3S. The van der Waals surface area contributed by atoms with Gasteiger partial charge in [-0.3, -0.25) is 4.79 Å². The third-order valence-corrected chi connectivity index (χ3v) is 4.79. The quantitative estimate of drug-likeness (QED) is 0.699. The number of anilines is 2. The predicted molar refractivity (Wildman–Crippen MR) is 83.9 cm³/mol. The molecule has 4 N–H and O–H groups in total. The molecule has 1 aliphatic carbocycles. The second-order valence-corrected chi connectivity index (χ2v) is 6.18. The Balaban J connectivity index is 2.26. The molecular weight excluding hydrogens is 290 g/mol. The van der Waals surface area contributed by atoms with Crippen LogP contribution in [-0.4, -0.2) is 32.1 Å². The normalized spacial score (nSPS) is 20.0. The number of nitrogens with two attached hydrogens (primary N) is 1.